The van der Waals surface area contributed by atoms with Crippen LogP contribution >= 0.6 is 0 Å². The van der Waals surface area contributed by atoms with Crippen molar-refractivity contribution in [3.8, 4) is 11.5 Å². The van der Waals surface area contributed by atoms with Crippen molar-refractivity contribution in [3.05, 3.63) is 95.6 Å². The summed E-state index contributed by atoms with van der Waals surface area (Å²) in [6, 6.07) is 25.2. The number of rotatable bonds is 13. The molecule has 0 bridgehead atoms. The minimum absolute atomic E-state index is 0.257. The summed E-state index contributed by atoms with van der Waals surface area (Å²) in [5, 5.41) is 10.2. The van der Waals surface area contributed by atoms with Gasteiger partial charge >= 0.3 is 0 Å². The number of hydrogen-bond acceptors (Lipinski definition) is 8. The summed E-state index contributed by atoms with van der Waals surface area (Å²) in [5.74, 6) is 1.54. The summed E-state index contributed by atoms with van der Waals surface area (Å²) in [6.07, 6.45) is -3.24. The van der Waals surface area contributed by atoms with Gasteiger partial charge in [0.1, 0.15) is 35.9 Å². The highest BCUT2D eigenvalue weighted by atomic mass is 16.7. The molecule has 0 radical (unpaired) electrons. The molecule has 0 amide bonds. The monoisotopic (exact) mass is 524 g/mol. The molecule has 0 aromatic heterocycles. The molecule has 38 heavy (non-hydrogen) atoms. The first-order valence-corrected chi connectivity index (χ1v) is 12.6. The molecule has 1 aliphatic rings. The number of aliphatic hydroxyl groups is 1. The predicted molar refractivity (Wildman–Crippen MR) is 141 cm³/mol. The normalized spacial score (nSPS) is 23.2. The molecule has 1 N–H and O–H groups in total. The molecule has 3 aromatic rings. The number of methoxy groups -OCH3 is 3. The van der Waals surface area contributed by atoms with E-state index in [4.69, 9.17) is 33.2 Å². The zero-order valence-corrected chi connectivity index (χ0v) is 22.0. The second-order valence-electron chi connectivity index (χ2n) is 8.97. The van der Waals surface area contributed by atoms with Crippen LogP contribution in [-0.4, -0.2) is 63.7 Å². The summed E-state index contributed by atoms with van der Waals surface area (Å²) < 4.78 is 41.4. The van der Waals surface area contributed by atoms with Crippen molar-refractivity contribution >= 4 is 0 Å². The summed E-state index contributed by atoms with van der Waals surface area (Å²) in [7, 11) is 4.81. The van der Waals surface area contributed by atoms with Crippen LogP contribution in [0.4, 0.5) is 0 Å². The molecule has 0 spiro atoms. The van der Waals surface area contributed by atoms with Gasteiger partial charge in [0.05, 0.1) is 40.6 Å². The Morgan fingerprint density at radius 2 is 1.08 bits per heavy atom. The highest BCUT2D eigenvalue weighted by molar-refractivity contribution is 5.27. The molecule has 8 nitrogen and oxygen atoms in total. The van der Waals surface area contributed by atoms with Gasteiger partial charge in [0.25, 0.3) is 0 Å². The van der Waals surface area contributed by atoms with Gasteiger partial charge in [0.15, 0.2) is 6.29 Å². The number of benzene rings is 3. The van der Waals surface area contributed by atoms with Crippen molar-refractivity contribution in [3.63, 3.8) is 0 Å². The third-order valence-electron chi connectivity index (χ3n) is 6.49. The second-order valence-corrected chi connectivity index (χ2v) is 8.97. The van der Waals surface area contributed by atoms with Gasteiger partial charge in [0.2, 0.25) is 0 Å². The largest absolute Gasteiger partial charge is 0.497 e. The molecule has 204 valence electrons. The van der Waals surface area contributed by atoms with E-state index in [0.29, 0.717) is 19.8 Å². The lowest BCUT2D eigenvalue weighted by molar-refractivity contribution is -0.321. The highest BCUT2D eigenvalue weighted by Gasteiger charge is 2.48. The molecule has 4 rings (SSSR count). The molecule has 1 aliphatic heterocycles. The zero-order valence-electron chi connectivity index (χ0n) is 22.0. The van der Waals surface area contributed by atoms with Gasteiger partial charge < -0.3 is 38.3 Å². The minimum Gasteiger partial charge on any atom is -0.497 e. The molecule has 0 unspecified atom stereocenters. The second kappa shape index (κ2) is 14.2. The Morgan fingerprint density at radius 3 is 1.55 bits per heavy atom. The van der Waals surface area contributed by atoms with Crippen molar-refractivity contribution in [1.29, 1.82) is 0 Å². The van der Waals surface area contributed by atoms with Crippen molar-refractivity contribution < 1.29 is 38.3 Å². The highest BCUT2D eigenvalue weighted by Crippen LogP contribution is 2.31. The lowest BCUT2D eigenvalue weighted by Gasteiger charge is -2.45. The van der Waals surface area contributed by atoms with Crippen LogP contribution in [-0.2, 0) is 43.5 Å². The SMILES string of the molecule is COc1ccc(CO[C@@H]2[C@@H](OCc3ccc(OC)cc3)[C@H](OC)O[C@H](CO)[C@H]2OCc2ccccc2)cc1. The Kier molecular flexibility index (Phi) is 10.5. The predicted octanol–water partition coefficient (Wildman–Crippen LogP) is 4.12. The van der Waals surface area contributed by atoms with Crippen molar-refractivity contribution in [1.82, 2.24) is 0 Å². The smallest absolute Gasteiger partial charge is 0.186 e. The van der Waals surface area contributed by atoms with Crippen LogP contribution in [0.25, 0.3) is 0 Å². The lowest BCUT2D eigenvalue weighted by Crippen LogP contribution is -2.61. The Morgan fingerprint density at radius 1 is 0.605 bits per heavy atom. The fourth-order valence-corrected chi connectivity index (χ4v) is 4.38. The molecule has 5 atom stereocenters. The van der Waals surface area contributed by atoms with E-state index in [1.807, 2.05) is 78.9 Å². The van der Waals surface area contributed by atoms with Crippen LogP contribution in [0.2, 0.25) is 0 Å². The first kappa shape index (κ1) is 28.0. The first-order valence-electron chi connectivity index (χ1n) is 12.6. The maximum atomic E-state index is 10.2. The third kappa shape index (κ3) is 7.32. The van der Waals surface area contributed by atoms with Gasteiger partial charge in [-0.3, -0.25) is 0 Å². The van der Waals surface area contributed by atoms with Gasteiger partial charge in [-0.15, -0.1) is 0 Å². The Balaban J connectivity index is 1.56. The van der Waals surface area contributed by atoms with Crippen molar-refractivity contribution in [2.75, 3.05) is 27.9 Å². The fourth-order valence-electron chi connectivity index (χ4n) is 4.38. The number of hydrogen-bond donors (Lipinski definition) is 1. The molecule has 8 heteroatoms. The van der Waals surface area contributed by atoms with Crippen LogP contribution in [0.5, 0.6) is 11.5 Å². The van der Waals surface area contributed by atoms with Gasteiger partial charge in [-0.05, 0) is 41.0 Å². The van der Waals surface area contributed by atoms with Crippen LogP contribution < -0.4 is 9.47 Å². The van der Waals surface area contributed by atoms with Gasteiger partial charge in [-0.2, -0.15) is 0 Å². The molecule has 0 saturated carbocycles. The van der Waals surface area contributed by atoms with Crippen LogP contribution in [0.3, 0.4) is 0 Å². The first-order chi connectivity index (χ1) is 18.6. The summed E-state index contributed by atoms with van der Waals surface area (Å²) in [4.78, 5) is 0. The maximum absolute atomic E-state index is 10.2. The summed E-state index contributed by atoms with van der Waals surface area (Å²) >= 11 is 0. The van der Waals surface area contributed by atoms with Crippen LogP contribution in [0.15, 0.2) is 78.9 Å². The lowest BCUT2D eigenvalue weighted by atomic mass is 9.98. The molecule has 3 aromatic carbocycles. The Hall–Kier alpha value is -2.98. The quantitative estimate of drug-likeness (QED) is 0.358. The zero-order chi connectivity index (χ0) is 26.7. The van der Waals surface area contributed by atoms with E-state index >= 15 is 0 Å². The Labute approximate surface area is 224 Å². The van der Waals surface area contributed by atoms with E-state index in [0.717, 1.165) is 28.2 Å². The number of aliphatic hydroxyl groups excluding tert-OH is 1. The van der Waals surface area contributed by atoms with E-state index < -0.39 is 30.7 Å². The molecule has 1 heterocycles. The third-order valence-corrected chi connectivity index (χ3v) is 6.49. The molecular formula is C30H36O8. The Bertz CT molecular complexity index is 1070. The van der Waals surface area contributed by atoms with Crippen molar-refractivity contribution in [2.24, 2.45) is 0 Å². The van der Waals surface area contributed by atoms with E-state index in [1.54, 1.807) is 21.3 Å². The fraction of sp³-hybridized carbons (Fsp3) is 0.400. The summed E-state index contributed by atoms with van der Waals surface area (Å²) in [6.45, 7) is 0.676. The summed E-state index contributed by atoms with van der Waals surface area (Å²) in [5.41, 5.74) is 2.92. The minimum atomic E-state index is -0.761. The van der Waals surface area contributed by atoms with E-state index in [9.17, 15) is 5.11 Å². The average molecular weight is 525 g/mol. The van der Waals surface area contributed by atoms with E-state index in [2.05, 4.69) is 0 Å². The molecule has 1 fully saturated rings. The standard InChI is InChI=1S/C30H36O8/c1-32-24-13-9-22(10-14-24)19-36-28-27(35-18-21-7-5-4-6-8-21)26(17-31)38-30(34-3)29(28)37-20-23-11-15-25(33-2)16-12-23/h4-16,26-31H,17-20H2,1-3H3/t26-,27-,28+,29-,30-/m1/s1. The van der Waals surface area contributed by atoms with Crippen molar-refractivity contribution in [2.45, 2.75) is 50.5 Å². The molecule has 0 aliphatic carbocycles. The van der Waals surface area contributed by atoms with E-state index in [1.165, 1.54) is 0 Å². The number of ether oxygens (including phenoxy) is 7. The van der Waals surface area contributed by atoms with Gasteiger partial charge in [-0.25, -0.2) is 0 Å². The van der Waals surface area contributed by atoms with Crippen LogP contribution in [0, 0.1) is 0 Å². The molecule has 1 saturated heterocycles. The van der Waals surface area contributed by atoms with Gasteiger partial charge in [-0.1, -0.05) is 54.6 Å². The van der Waals surface area contributed by atoms with Crippen LogP contribution in [0.1, 0.15) is 16.7 Å². The topological polar surface area (TPSA) is 84.8 Å². The average Bonchev–Trinajstić information content (AvgIpc) is 2.98. The van der Waals surface area contributed by atoms with E-state index in [-0.39, 0.29) is 6.61 Å². The molecular weight excluding hydrogens is 488 g/mol. The maximum Gasteiger partial charge on any atom is 0.186 e. The van der Waals surface area contributed by atoms with Gasteiger partial charge in [0, 0.05) is 7.11 Å².